The lowest BCUT2D eigenvalue weighted by Gasteiger charge is -2.52. The van der Waals surface area contributed by atoms with Crippen LogP contribution in [0.15, 0.2) is 12.1 Å². The molecule has 7 heteroatoms. The molecule has 0 aromatic heterocycles. The Hall–Kier alpha value is -1.17. The van der Waals surface area contributed by atoms with Crippen molar-refractivity contribution >= 4 is 29.4 Å². The first-order valence-corrected chi connectivity index (χ1v) is 11.0. The number of hydrogen-bond donors (Lipinski definition) is 1. The van der Waals surface area contributed by atoms with Crippen molar-refractivity contribution in [1.29, 1.82) is 0 Å². The second-order valence-corrected chi connectivity index (χ2v) is 8.98. The number of carbonyl (C=O) groups is 1. The van der Waals surface area contributed by atoms with E-state index in [4.69, 9.17) is 37.4 Å². The fourth-order valence-corrected chi connectivity index (χ4v) is 6.01. The lowest BCUT2D eigenvalue weighted by molar-refractivity contribution is -0.324. The van der Waals surface area contributed by atoms with Crippen LogP contribution in [0, 0.1) is 11.8 Å². The van der Waals surface area contributed by atoms with Gasteiger partial charge >= 0.3 is 12.6 Å². The van der Waals surface area contributed by atoms with Crippen LogP contribution in [0.4, 0.5) is 4.79 Å². The molecule has 2 aliphatic carbocycles. The van der Waals surface area contributed by atoms with Crippen LogP contribution < -0.4 is 4.74 Å². The zero-order valence-corrected chi connectivity index (χ0v) is 17.3. The van der Waals surface area contributed by atoms with Crippen molar-refractivity contribution in [1.82, 2.24) is 0 Å². The molecule has 0 saturated heterocycles. The predicted octanol–water partition coefficient (Wildman–Crippen LogP) is 6.74. The summed E-state index contributed by atoms with van der Waals surface area (Å²) in [7, 11) is 0. The fourth-order valence-electron chi connectivity index (χ4n) is 5.47. The standard InChI is InChI=1S/C21H26Cl2O5/c22-15-11-16-18(17(23)12-15)26-20(27-19(24)25)28-21(16,13-7-3-1-4-8-13)14-9-5-2-6-10-14/h11-14,20H,1-10H2,(H,24,25). The minimum atomic E-state index is -1.43. The Kier molecular flexibility index (Phi) is 5.96. The van der Waals surface area contributed by atoms with E-state index in [2.05, 4.69) is 0 Å². The fraction of sp³-hybridized carbons (Fsp3) is 0.667. The van der Waals surface area contributed by atoms with E-state index in [0.717, 1.165) is 56.9 Å². The van der Waals surface area contributed by atoms with E-state index >= 15 is 0 Å². The second-order valence-electron chi connectivity index (χ2n) is 8.14. The molecule has 5 nitrogen and oxygen atoms in total. The van der Waals surface area contributed by atoms with Gasteiger partial charge in [0.05, 0.1) is 5.02 Å². The topological polar surface area (TPSA) is 65.0 Å². The Labute approximate surface area is 175 Å². The van der Waals surface area contributed by atoms with Crippen LogP contribution in [0.5, 0.6) is 5.75 Å². The van der Waals surface area contributed by atoms with Gasteiger partial charge in [0, 0.05) is 10.6 Å². The Bertz CT molecular complexity index is 708. The predicted molar refractivity (Wildman–Crippen MR) is 106 cm³/mol. The van der Waals surface area contributed by atoms with Gasteiger partial charge in [-0.05, 0) is 49.7 Å². The highest BCUT2D eigenvalue weighted by molar-refractivity contribution is 6.35. The molecule has 1 atom stereocenters. The maximum atomic E-state index is 11.2. The van der Waals surface area contributed by atoms with Crippen LogP contribution >= 0.6 is 23.2 Å². The number of carboxylic acid groups (broad SMARTS) is 1. The van der Waals surface area contributed by atoms with Crippen molar-refractivity contribution in [3.8, 4) is 5.75 Å². The molecule has 0 spiro atoms. The molecule has 1 aliphatic heterocycles. The zero-order chi connectivity index (χ0) is 19.7. The third-order valence-corrected chi connectivity index (χ3v) is 7.05. The largest absolute Gasteiger partial charge is 0.510 e. The number of fused-ring (bicyclic) bond motifs is 1. The van der Waals surface area contributed by atoms with Crippen molar-refractivity contribution in [3.63, 3.8) is 0 Å². The molecule has 1 N–H and O–H groups in total. The summed E-state index contributed by atoms with van der Waals surface area (Å²) < 4.78 is 17.2. The monoisotopic (exact) mass is 428 g/mol. The minimum Gasteiger partial charge on any atom is -0.450 e. The molecule has 1 aromatic carbocycles. The second kappa shape index (κ2) is 8.29. The average Bonchev–Trinajstić information content (AvgIpc) is 2.69. The first-order chi connectivity index (χ1) is 13.5. The highest BCUT2D eigenvalue weighted by Gasteiger charge is 2.55. The zero-order valence-electron chi connectivity index (χ0n) is 15.8. The van der Waals surface area contributed by atoms with E-state index in [1.807, 2.05) is 6.07 Å². The molecule has 1 unspecified atom stereocenters. The number of rotatable bonds is 3. The summed E-state index contributed by atoms with van der Waals surface area (Å²) in [4.78, 5) is 11.2. The smallest absolute Gasteiger partial charge is 0.450 e. The van der Waals surface area contributed by atoms with Crippen LogP contribution in [0.1, 0.15) is 69.8 Å². The Balaban J connectivity index is 1.87. The van der Waals surface area contributed by atoms with Gasteiger partial charge in [-0.15, -0.1) is 0 Å². The number of benzene rings is 1. The van der Waals surface area contributed by atoms with Gasteiger partial charge in [-0.1, -0.05) is 61.7 Å². The molecule has 1 heterocycles. The summed E-state index contributed by atoms with van der Waals surface area (Å²) in [6.07, 6.45) is 9.65. The Morgan fingerprint density at radius 2 is 1.57 bits per heavy atom. The van der Waals surface area contributed by atoms with E-state index in [0.29, 0.717) is 15.8 Å². The maximum absolute atomic E-state index is 11.2. The first-order valence-electron chi connectivity index (χ1n) is 10.2. The van der Waals surface area contributed by atoms with E-state index in [1.54, 1.807) is 6.07 Å². The van der Waals surface area contributed by atoms with Crippen LogP contribution in [-0.4, -0.2) is 17.7 Å². The normalized spacial score (nSPS) is 25.6. The minimum absolute atomic E-state index is 0.251. The number of hydrogen-bond acceptors (Lipinski definition) is 4. The van der Waals surface area contributed by atoms with Crippen LogP contribution in [0.2, 0.25) is 10.0 Å². The van der Waals surface area contributed by atoms with E-state index < -0.39 is 18.2 Å². The van der Waals surface area contributed by atoms with E-state index in [1.165, 1.54) is 12.8 Å². The molecule has 0 amide bonds. The third kappa shape index (κ3) is 3.69. The number of halogens is 2. The molecule has 154 valence electrons. The van der Waals surface area contributed by atoms with Crippen LogP contribution in [-0.2, 0) is 15.1 Å². The molecule has 0 radical (unpaired) electrons. The van der Waals surface area contributed by atoms with Gasteiger partial charge in [-0.25, -0.2) is 4.79 Å². The molecular weight excluding hydrogens is 403 g/mol. The van der Waals surface area contributed by atoms with Gasteiger partial charge in [0.1, 0.15) is 5.60 Å². The van der Waals surface area contributed by atoms with E-state index in [9.17, 15) is 9.90 Å². The van der Waals surface area contributed by atoms with Crippen molar-refractivity contribution < 1.29 is 24.1 Å². The van der Waals surface area contributed by atoms with Crippen LogP contribution in [0.25, 0.3) is 0 Å². The van der Waals surface area contributed by atoms with Crippen molar-refractivity contribution in [2.24, 2.45) is 11.8 Å². The van der Waals surface area contributed by atoms with Crippen LogP contribution in [0.3, 0.4) is 0 Å². The summed E-state index contributed by atoms with van der Waals surface area (Å²) in [6.45, 7) is -1.33. The highest BCUT2D eigenvalue weighted by atomic mass is 35.5. The summed E-state index contributed by atoms with van der Waals surface area (Å²) in [5, 5.41) is 10.1. The molecule has 3 aliphatic rings. The quantitative estimate of drug-likeness (QED) is 0.540. The highest BCUT2D eigenvalue weighted by Crippen LogP contribution is 2.57. The van der Waals surface area contributed by atoms with Gasteiger partial charge in [-0.3, -0.25) is 4.74 Å². The van der Waals surface area contributed by atoms with Gasteiger partial charge in [-0.2, -0.15) is 0 Å². The molecular formula is C21H26Cl2O5. The molecule has 0 bridgehead atoms. The Morgan fingerprint density at radius 3 is 2.11 bits per heavy atom. The third-order valence-electron chi connectivity index (χ3n) is 6.56. The van der Waals surface area contributed by atoms with Gasteiger partial charge < -0.3 is 14.6 Å². The summed E-state index contributed by atoms with van der Waals surface area (Å²) in [6, 6.07) is 3.51. The SMILES string of the molecule is O=C(O)OC1Oc2c(Cl)cc(Cl)cc2C(C2CCCCC2)(C2CCCCC2)O1. The molecule has 4 rings (SSSR count). The van der Waals surface area contributed by atoms with Crippen molar-refractivity contribution in [3.05, 3.63) is 27.7 Å². The van der Waals surface area contributed by atoms with Crippen molar-refractivity contribution in [2.45, 2.75) is 76.3 Å². The van der Waals surface area contributed by atoms with Gasteiger partial charge in [0.2, 0.25) is 0 Å². The summed E-state index contributed by atoms with van der Waals surface area (Å²) in [5.74, 6) is 0.947. The maximum Gasteiger partial charge on any atom is 0.510 e. The van der Waals surface area contributed by atoms with Crippen molar-refractivity contribution in [2.75, 3.05) is 0 Å². The molecule has 1 aromatic rings. The Morgan fingerprint density at radius 1 is 1.00 bits per heavy atom. The van der Waals surface area contributed by atoms with Gasteiger partial charge in [0.15, 0.2) is 5.75 Å². The lowest BCUT2D eigenvalue weighted by Crippen LogP contribution is -2.53. The van der Waals surface area contributed by atoms with E-state index in [-0.39, 0.29) is 11.8 Å². The average molecular weight is 429 g/mol. The molecule has 2 fully saturated rings. The first kappa shape index (κ1) is 20.1. The summed E-state index contributed by atoms with van der Waals surface area (Å²) in [5.41, 5.74) is 0.164. The molecule has 28 heavy (non-hydrogen) atoms. The molecule has 2 saturated carbocycles. The number of ether oxygens (including phenoxy) is 3. The summed E-state index contributed by atoms with van der Waals surface area (Å²) >= 11 is 12.9. The lowest BCUT2D eigenvalue weighted by atomic mass is 9.63. The van der Waals surface area contributed by atoms with Gasteiger partial charge in [0.25, 0.3) is 0 Å².